The van der Waals surface area contributed by atoms with Gasteiger partial charge in [-0.2, -0.15) is 0 Å². The highest BCUT2D eigenvalue weighted by molar-refractivity contribution is 5.80. The molecule has 4 unspecified atom stereocenters. The fourth-order valence-electron chi connectivity index (χ4n) is 4.40. The highest BCUT2D eigenvalue weighted by Crippen LogP contribution is 2.34. The SMILES string of the molecule is CCNC(=NCC(C)(C)N1CCCC(C)C1)NC1CC2CCC1O2. The summed E-state index contributed by atoms with van der Waals surface area (Å²) < 4.78 is 5.96. The van der Waals surface area contributed by atoms with Crippen LogP contribution in [0.3, 0.4) is 0 Å². The molecule has 3 heterocycles. The number of hydrogen-bond donors (Lipinski definition) is 2. The van der Waals surface area contributed by atoms with Crippen molar-refractivity contribution in [1.29, 1.82) is 0 Å². The van der Waals surface area contributed by atoms with Crippen molar-refractivity contribution >= 4 is 5.96 Å². The maximum atomic E-state index is 5.96. The van der Waals surface area contributed by atoms with Crippen molar-refractivity contribution in [3.63, 3.8) is 0 Å². The predicted octanol–water partition coefficient (Wildman–Crippen LogP) is 2.37. The van der Waals surface area contributed by atoms with Crippen LogP contribution < -0.4 is 10.6 Å². The molecule has 24 heavy (non-hydrogen) atoms. The second-order valence-corrected chi connectivity index (χ2v) is 8.56. The molecule has 3 aliphatic heterocycles. The number of aliphatic imine (C=N–C) groups is 1. The highest BCUT2D eigenvalue weighted by Gasteiger charge is 2.41. The summed E-state index contributed by atoms with van der Waals surface area (Å²) in [6.07, 6.45) is 7.09. The molecule has 0 aliphatic carbocycles. The van der Waals surface area contributed by atoms with Crippen LogP contribution in [0, 0.1) is 5.92 Å². The molecular formula is C19H36N4O. The minimum absolute atomic E-state index is 0.113. The number of nitrogens with zero attached hydrogens (tertiary/aromatic N) is 2. The predicted molar refractivity (Wildman–Crippen MR) is 99.5 cm³/mol. The quantitative estimate of drug-likeness (QED) is 0.598. The van der Waals surface area contributed by atoms with Gasteiger partial charge in [-0.15, -0.1) is 0 Å². The normalized spacial score (nSPS) is 34.6. The molecule has 0 aromatic rings. The zero-order valence-corrected chi connectivity index (χ0v) is 16.0. The molecule has 0 saturated carbocycles. The third-order valence-electron chi connectivity index (χ3n) is 5.91. The first-order chi connectivity index (χ1) is 11.5. The Morgan fingerprint density at radius 2 is 2.12 bits per heavy atom. The minimum atomic E-state index is 0.113. The van der Waals surface area contributed by atoms with Gasteiger partial charge in [-0.25, -0.2) is 0 Å². The molecule has 3 saturated heterocycles. The van der Waals surface area contributed by atoms with Crippen LogP contribution in [0.25, 0.3) is 0 Å². The van der Waals surface area contributed by atoms with Crippen molar-refractivity contribution in [3.05, 3.63) is 0 Å². The summed E-state index contributed by atoms with van der Waals surface area (Å²) in [6, 6.07) is 0.430. The first kappa shape index (κ1) is 18.0. The number of likely N-dealkylation sites (tertiary alicyclic amines) is 1. The minimum Gasteiger partial charge on any atom is -0.373 e. The van der Waals surface area contributed by atoms with Gasteiger partial charge in [-0.05, 0) is 65.3 Å². The van der Waals surface area contributed by atoms with E-state index in [1.54, 1.807) is 0 Å². The van der Waals surface area contributed by atoms with Crippen molar-refractivity contribution in [1.82, 2.24) is 15.5 Å². The number of guanidine groups is 1. The van der Waals surface area contributed by atoms with Crippen LogP contribution >= 0.6 is 0 Å². The molecule has 0 aromatic heterocycles. The molecular weight excluding hydrogens is 300 g/mol. The molecule has 3 fully saturated rings. The van der Waals surface area contributed by atoms with E-state index in [0.29, 0.717) is 18.2 Å². The molecule has 3 aliphatic rings. The van der Waals surface area contributed by atoms with E-state index in [4.69, 9.17) is 9.73 Å². The van der Waals surface area contributed by atoms with Gasteiger partial charge < -0.3 is 15.4 Å². The molecule has 5 heteroatoms. The smallest absolute Gasteiger partial charge is 0.191 e. The Morgan fingerprint density at radius 1 is 1.29 bits per heavy atom. The lowest BCUT2D eigenvalue weighted by Crippen LogP contribution is -2.52. The van der Waals surface area contributed by atoms with Gasteiger partial charge in [0, 0.05) is 18.6 Å². The van der Waals surface area contributed by atoms with Gasteiger partial charge in [0.15, 0.2) is 5.96 Å². The zero-order chi connectivity index (χ0) is 17.2. The number of fused-ring (bicyclic) bond motifs is 2. The first-order valence-corrected chi connectivity index (χ1v) is 9.93. The third-order valence-corrected chi connectivity index (χ3v) is 5.91. The van der Waals surface area contributed by atoms with Crippen LogP contribution in [0.15, 0.2) is 4.99 Å². The highest BCUT2D eigenvalue weighted by atomic mass is 16.5. The van der Waals surface area contributed by atoms with Crippen LogP contribution in [0.4, 0.5) is 0 Å². The fraction of sp³-hybridized carbons (Fsp3) is 0.947. The summed E-state index contributed by atoms with van der Waals surface area (Å²) >= 11 is 0. The molecule has 0 spiro atoms. The van der Waals surface area contributed by atoms with E-state index in [0.717, 1.165) is 31.4 Å². The molecule has 2 bridgehead atoms. The van der Waals surface area contributed by atoms with Crippen LogP contribution in [0.5, 0.6) is 0 Å². The Morgan fingerprint density at radius 3 is 2.75 bits per heavy atom. The van der Waals surface area contributed by atoms with E-state index in [1.807, 2.05) is 0 Å². The Balaban J connectivity index is 1.58. The Labute approximate surface area is 147 Å². The third kappa shape index (κ3) is 4.23. The van der Waals surface area contributed by atoms with Gasteiger partial charge >= 0.3 is 0 Å². The number of ether oxygens (including phenoxy) is 1. The van der Waals surface area contributed by atoms with E-state index in [-0.39, 0.29) is 5.54 Å². The van der Waals surface area contributed by atoms with Crippen LogP contribution in [0.2, 0.25) is 0 Å². The van der Waals surface area contributed by atoms with E-state index < -0.39 is 0 Å². The monoisotopic (exact) mass is 336 g/mol. The summed E-state index contributed by atoms with van der Waals surface area (Å²) in [5, 5.41) is 7.05. The summed E-state index contributed by atoms with van der Waals surface area (Å²) in [6.45, 7) is 13.3. The second-order valence-electron chi connectivity index (χ2n) is 8.56. The topological polar surface area (TPSA) is 48.9 Å². The average Bonchev–Trinajstić information content (AvgIpc) is 3.16. The molecule has 4 atom stereocenters. The van der Waals surface area contributed by atoms with Gasteiger partial charge in [-0.1, -0.05) is 6.92 Å². The van der Waals surface area contributed by atoms with Gasteiger partial charge in [-0.3, -0.25) is 9.89 Å². The lowest BCUT2D eigenvalue weighted by molar-refractivity contribution is 0.0774. The second kappa shape index (κ2) is 7.61. The van der Waals surface area contributed by atoms with E-state index >= 15 is 0 Å². The molecule has 138 valence electrons. The molecule has 5 nitrogen and oxygen atoms in total. The van der Waals surface area contributed by atoms with Crippen LogP contribution in [-0.4, -0.2) is 60.8 Å². The largest absolute Gasteiger partial charge is 0.373 e. The Hall–Kier alpha value is -0.810. The van der Waals surface area contributed by atoms with Gasteiger partial charge in [0.05, 0.1) is 24.8 Å². The lowest BCUT2D eigenvalue weighted by Gasteiger charge is -2.42. The Kier molecular flexibility index (Phi) is 5.70. The lowest BCUT2D eigenvalue weighted by atomic mass is 9.93. The van der Waals surface area contributed by atoms with Crippen LogP contribution in [-0.2, 0) is 4.74 Å². The number of rotatable bonds is 5. The molecule has 0 aromatic carbocycles. The maximum Gasteiger partial charge on any atom is 0.191 e. The molecule has 0 radical (unpaired) electrons. The summed E-state index contributed by atoms with van der Waals surface area (Å²) in [5.41, 5.74) is 0.113. The van der Waals surface area contributed by atoms with Crippen molar-refractivity contribution in [2.24, 2.45) is 10.9 Å². The Bertz CT molecular complexity index is 451. The van der Waals surface area contributed by atoms with Gasteiger partial charge in [0.25, 0.3) is 0 Å². The van der Waals surface area contributed by atoms with Gasteiger partial charge in [0.1, 0.15) is 0 Å². The number of piperidine rings is 1. The number of hydrogen-bond acceptors (Lipinski definition) is 3. The van der Waals surface area contributed by atoms with Crippen LogP contribution in [0.1, 0.15) is 59.8 Å². The first-order valence-electron chi connectivity index (χ1n) is 9.93. The zero-order valence-electron chi connectivity index (χ0n) is 16.0. The van der Waals surface area contributed by atoms with Crippen molar-refractivity contribution < 1.29 is 4.74 Å². The molecule has 2 N–H and O–H groups in total. The van der Waals surface area contributed by atoms with E-state index in [2.05, 4.69) is 43.2 Å². The standard InChI is InChI=1S/C19H36N4O/c1-5-20-18(22-16-11-15-8-9-17(16)24-15)21-13-19(3,4)23-10-6-7-14(2)12-23/h14-17H,5-13H2,1-4H3,(H2,20,21,22). The average molecular weight is 337 g/mol. The molecule has 3 rings (SSSR count). The van der Waals surface area contributed by atoms with Crippen molar-refractivity contribution in [3.8, 4) is 0 Å². The van der Waals surface area contributed by atoms with E-state index in [9.17, 15) is 0 Å². The summed E-state index contributed by atoms with van der Waals surface area (Å²) in [7, 11) is 0. The molecule has 0 amide bonds. The van der Waals surface area contributed by atoms with E-state index in [1.165, 1.54) is 38.8 Å². The van der Waals surface area contributed by atoms with Gasteiger partial charge in [0.2, 0.25) is 0 Å². The van der Waals surface area contributed by atoms with Crippen molar-refractivity contribution in [2.75, 3.05) is 26.2 Å². The van der Waals surface area contributed by atoms with Crippen molar-refractivity contribution in [2.45, 2.75) is 83.6 Å². The maximum absolute atomic E-state index is 5.96. The summed E-state index contributed by atoms with van der Waals surface area (Å²) in [4.78, 5) is 7.55. The fourth-order valence-corrected chi connectivity index (χ4v) is 4.40. The number of nitrogens with one attached hydrogen (secondary N) is 2. The summed E-state index contributed by atoms with van der Waals surface area (Å²) in [5.74, 6) is 1.76.